The molecule has 1 nitrogen and oxygen atoms in total. The maximum absolute atomic E-state index is 5.90. The number of halogens is 2. The zero-order valence-corrected chi connectivity index (χ0v) is 12.4. The molecule has 1 aromatic carbocycles. The predicted octanol–water partition coefficient (Wildman–Crippen LogP) is 4.63. The largest absolute Gasteiger partial charge is 0.310 e. The van der Waals surface area contributed by atoms with Gasteiger partial charge in [0.15, 0.2) is 0 Å². The monoisotopic (exact) mass is 303 g/mol. The number of hydrogen-bond donors (Lipinski definition) is 1. The highest BCUT2D eigenvalue weighted by atomic mass is 79.9. The highest BCUT2D eigenvalue weighted by Crippen LogP contribution is 2.21. The van der Waals surface area contributed by atoms with Crippen molar-refractivity contribution in [3.8, 4) is 0 Å². The summed E-state index contributed by atoms with van der Waals surface area (Å²) in [6, 6.07) is 6.46. The van der Waals surface area contributed by atoms with Gasteiger partial charge >= 0.3 is 0 Å². The van der Waals surface area contributed by atoms with Crippen LogP contribution in [-0.2, 0) is 6.54 Å². The van der Waals surface area contributed by atoms with E-state index in [9.17, 15) is 0 Å². The molecule has 2 atom stereocenters. The second-order valence-corrected chi connectivity index (χ2v) is 5.58. The van der Waals surface area contributed by atoms with Gasteiger partial charge in [0.2, 0.25) is 0 Å². The van der Waals surface area contributed by atoms with E-state index in [4.69, 9.17) is 11.6 Å². The first-order chi connectivity index (χ1) is 7.54. The van der Waals surface area contributed by atoms with Crippen molar-refractivity contribution < 1.29 is 0 Å². The summed E-state index contributed by atoms with van der Waals surface area (Å²) >= 11 is 9.43. The summed E-state index contributed by atoms with van der Waals surface area (Å²) in [5.74, 6) is 0.700. The van der Waals surface area contributed by atoms with Crippen LogP contribution in [0.5, 0.6) is 0 Å². The molecule has 0 amide bonds. The van der Waals surface area contributed by atoms with Crippen molar-refractivity contribution in [2.75, 3.05) is 0 Å². The molecule has 0 saturated heterocycles. The Morgan fingerprint density at radius 1 is 1.38 bits per heavy atom. The minimum absolute atomic E-state index is 0.535. The van der Waals surface area contributed by atoms with Crippen LogP contribution in [0.4, 0.5) is 0 Å². The van der Waals surface area contributed by atoms with Crippen LogP contribution in [0, 0.1) is 5.92 Å². The van der Waals surface area contributed by atoms with Crippen LogP contribution in [0.3, 0.4) is 0 Å². The van der Waals surface area contributed by atoms with Crippen LogP contribution in [0.1, 0.15) is 32.8 Å². The quantitative estimate of drug-likeness (QED) is 0.836. The fourth-order valence-corrected chi connectivity index (χ4v) is 2.31. The lowest BCUT2D eigenvalue weighted by atomic mass is 10.0. The molecule has 90 valence electrons. The van der Waals surface area contributed by atoms with Crippen LogP contribution in [0.2, 0.25) is 5.02 Å². The van der Waals surface area contributed by atoms with E-state index in [1.807, 2.05) is 12.1 Å². The third-order valence-corrected chi connectivity index (χ3v) is 4.10. The zero-order chi connectivity index (χ0) is 12.1. The Morgan fingerprint density at radius 2 is 2.06 bits per heavy atom. The molecule has 0 aliphatic heterocycles. The Labute approximate surface area is 112 Å². The summed E-state index contributed by atoms with van der Waals surface area (Å²) in [6.07, 6.45) is 1.20. The van der Waals surface area contributed by atoms with Crippen LogP contribution in [0.25, 0.3) is 0 Å². The second-order valence-electron chi connectivity index (χ2n) is 4.29. The number of hydrogen-bond acceptors (Lipinski definition) is 1. The Kier molecular flexibility index (Phi) is 5.81. The van der Waals surface area contributed by atoms with E-state index in [0.717, 1.165) is 16.0 Å². The van der Waals surface area contributed by atoms with Gasteiger partial charge in [-0.25, -0.2) is 0 Å². The molecule has 0 heterocycles. The lowest BCUT2D eigenvalue weighted by Crippen LogP contribution is -2.31. The first kappa shape index (κ1) is 14.0. The van der Waals surface area contributed by atoms with Crippen molar-refractivity contribution in [1.82, 2.24) is 5.32 Å². The third kappa shape index (κ3) is 4.08. The minimum atomic E-state index is 0.535. The van der Waals surface area contributed by atoms with Crippen LogP contribution in [0.15, 0.2) is 22.7 Å². The molecule has 1 rings (SSSR count). The van der Waals surface area contributed by atoms with Crippen molar-refractivity contribution in [3.63, 3.8) is 0 Å². The van der Waals surface area contributed by atoms with Gasteiger partial charge in [-0.2, -0.15) is 0 Å². The third-order valence-electron chi connectivity index (χ3n) is 3.13. The Morgan fingerprint density at radius 3 is 2.62 bits per heavy atom. The van der Waals surface area contributed by atoms with Gasteiger partial charge in [0.25, 0.3) is 0 Å². The first-order valence-corrected chi connectivity index (χ1v) is 6.89. The number of rotatable bonds is 5. The van der Waals surface area contributed by atoms with E-state index in [2.05, 4.69) is 48.1 Å². The van der Waals surface area contributed by atoms with Gasteiger partial charge in [-0.1, -0.05) is 53.9 Å². The molecule has 0 aliphatic rings. The minimum Gasteiger partial charge on any atom is -0.310 e. The SMILES string of the molecule is CCC(C)C(C)NCc1ccc(Cl)cc1Br. The van der Waals surface area contributed by atoms with Gasteiger partial charge in [0.05, 0.1) is 0 Å². The summed E-state index contributed by atoms with van der Waals surface area (Å²) < 4.78 is 1.07. The standard InChI is InChI=1S/C13H19BrClN/c1-4-9(2)10(3)16-8-11-5-6-12(15)7-13(11)14/h5-7,9-10,16H,4,8H2,1-3H3. The molecular weight excluding hydrogens is 286 g/mol. The maximum atomic E-state index is 5.90. The Hall–Kier alpha value is -0.0500. The molecule has 1 aromatic rings. The molecule has 3 heteroatoms. The molecule has 2 unspecified atom stereocenters. The Bertz CT molecular complexity index is 341. The van der Waals surface area contributed by atoms with Gasteiger partial charge < -0.3 is 5.32 Å². The van der Waals surface area contributed by atoms with E-state index in [-0.39, 0.29) is 0 Å². The molecule has 0 aromatic heterocycles. The smallest absolute Gasteiger partial charge is 0.0417 e. The average molecular weight is 305 g/mol. The lowest BCUT2D eigenvalue weighted by molar-refractivity contribution is 0.389. The van der Waals surface area contributed by atoms with Crippen molar-refractivity contribution in [3.05, 3.63) is 33.3 Å². The summed E-state index contributed by atoms with van der Waals surface area (Å²) in [6.45, 7) is 7.61. The fraction of sp³-hybridized carbons (Fsp3) is 0.538. The Balaban J connectivity index is 2.54. The van der Waals surface area contributed by atoms with E-state index in [1.54, 1.807) is 0 Å². The van der Waals surface area contributed by atoms with Crippen molar-refractivity contribution in [1.29, 1.82) is 0 Å². The summed E-state index contributed by atoms with van der Waals surface area (Å²) in [5, 5.41) is 4.31. The van der Waals surface area contributed by atoms with Crippen LogP contribution in [-0.4, -0.2) is 6.04 Å². The molecule has 0 bridgehead atoms. The number of benzene rings is 1. The van der Waals surface area contributed by atoms with Gasteiger partial charge in [0, 0.05) is 22.1 Å². The van der Waals surface area contributed by atoms with Gasteiger partial charge in [-0.3, -0.25) is 0 Å². The predicted molar refractivity (Wildman–Crippen MR) is 74.9 cm³/mol. The lowest BCUT2D eigenvalue weighted by Gasteiger charge is -2.20. The molecular formula is C13H19BrClN. The highest BCUT2D eigenvalue weighted by molar-refractivity contribution is 9.10. The molecule has 1 N–H and O–H groups in total. The summed E-state index contributed by atoms with van der Waals surface area (Å²) in [5.41, 5.74) is 1.25. The molecule has 0 saturated carbocycles. The van der Waals surface area contributed by atoms with E-state index < -0.39 is 0 Å². The number of nitrogens with one attached hydrogen (secondary N) is 1. The topological polar surface area (TPSA) is 12.0 Å². The molecule has 16 heavy (non-hydrogen) atoms. The van der Waals surface area contributed by atoms with Gasteiger partial charge in [-0.15, -0.1) is 0 Å². The normalized spacial score (nSPS) is 14.8. The molecule has 0 spiro atoms. The van der Waals surface area contributed by atoms with Crippen LogP contribution >= 0.6 is 27.5 Å². The van der Waals surface area contributed by atoms with E-state index >= 15 is 0 Å². The van der Waals surface area contributed by atoms with Crippen molar-refractivity contribution >= 4 is 27.5 Å². The maximum Gasteiger partial charge on any atom is 0.0417 e. The van der Waals surface area contributed by atoms with Gasteiger partial charge in [0.1, 0.15) is 0 Å². The second kappa shape index (κ2) is 6.63. The summed E-state index contributed by atoms with van der Waals surface area (Å²) in [7, 11) is 0. The van der Waals surface area contributed by atoms with Gasteiger partial charge in [-0.05, 0) is 30.5 Å². The highest BCUT2D eigenvalue weighted by Gasteiger charge is 2.09. The first-order valence-electron chi connectivity index (χ1n) is 5.72. The molecule has 0 fully saturated rings. The fourth-order valence-electron chi connectivity index (χ4n) is 1.49. The van der Waals surface area contributed by atoms with E-state index in [1.165, 1.54) is 12.0 Å². The molecule has 0 aliphatic carbocycles. The zero-order valence-electron chi connectivity index (χ0n) is 10.1. The summed E-state index contributed by atoms with van der Waals surface area (Å²) in [4.78, 5) is 0. The van der Waals surface area contributed by atoms with Crippen molar-refractivity contribution in [2.24, 2.45) is 5.92 Å². The van der Waals surface area contributed by atoms with E-state index in [0.29, 0.717) is 12.0 Å². The molecule has 0 radical (unpaired) electrons. The average Bonchev–Trinajstić information content (AvgIpc) is 2.26. The van der Waals surface area contributed by atoms with Crippen molar-refractivity contribution in [2.45, 2.75) is 39.8 Å². The van der Waals surface area contributed by atoms with Crippen LogP contribution < -0.4 is 5.32 Å².